The molecule has 2 aliphatic rings. The number of carbonyl (C=O) groups excluding carboxylic acids is 1. The highest BCUT2D eigenvalue weighted by molar-refractivity contribution is 6.03. The van der Waals surface area contributed by atoms with E-state index < -0.39 is 0 Å². The van der Waals surface area contributed by atoms with E-state index in [1.54, 1.807) is 6.20 Å². The molecule has 3 heterocycles. The predicted molar refractivity (Wildman–Crippen MR) is 115 cm³/mol. The Balaban J connectivity index is 1.40. The van der Waals surface area contributed by atoms with Crippen molar-refractivity contribution >= 4 is 29.0 Å². The number of nitriles is 1. The summed E-state index contributed by atoms with van der Waals surface area (Å²) < 4.78 is 0. The topological polar surface area (TPSA) is 119 Å². The number of fused-ring (bicyclic) bond motifs is 1. The van der Waals surface area contributed by atoms with Crippen LogP contribution in [0.5, 0.6) is 0 Å². The Kier molecular flexibility index (Phi) is 5.16. The van der Waals surface area contributed by atoms with E-state index in [0.29, 0.717) is 23.6 Å². The quantitative estimate of drug-likeness (QED) is 0.693. The molecule has 0 aromatic carbocycles. The van der Waals surface area contributed by atoms with Crippen LogP contribution in [0.2, 0.25) is 0 Å². The Morgan fingerprint density at radius 1 is 1.20 bits per heavy atom. The summed E-state index contributed by atoms with van der Waals surface area (Å²) >= 11 is 0. The summed E-state index contributed by atoms with van der Waals surface area (Å²) in [5.41, 5.74) is 2.09. The van der Waals surface area contributed by atoms with E-state index in [2.05, 4.69) is 25.9 Å². The van der Waals surface area contributed by atoms with Crippen molar-refractivity contribution in [3.63, 3.8) is 0 Å². The van der Waals surface area contributed by atoms with E-state index in [4.69, 9.17) is 10.2 Å². The van der Waals surface area contributed by atoms with E-state index in [1.807, 2.05) is 44.9 Å². The highest BCUT2D eigenvalue weighted by Crippen LogP contribution is 2.36. The average Bonchev–Trinajstić information content (AvgIpc) is 2.67. The largest absolute Gasteiger partial charge is 0.367 e. The number of rotatable bonds is 5. The zero-order chi connectivity index (χ0) is 21.4. The molecule has 156 valence electrons. The number of nitrogens with one attached hydrogen (secondary N) is 3. The second kappa shape index (κ2) is 7.78. The van der Waals surface area contributed by atoms with Gasteiger partial charge >= 0.3 is 0 Å². The Labute approximate surface area is 175 Å². The van der Waals surface area contributed by atoms with Crippen LogP contribution in [-0.2, 0) is 4.79 Å². The number of hydrogen-bond donors (Lipinski definition) is 3. The number of likely N-dealkylation sites (N-methyl/N-ethyl adjacent to an activating group) is 1. The van der Waals surface area contributed by atoms with Crippen molar-refractivity contribution in [2.45, 2.75) is 51.7 Å². The molecule has 0 spiro atoms. The molecule has 1 amide bonds. The number of nitrogens with zero attached hydrogens (tertiary/aromatic N) is 5. The maximum absolute atomic E-state index is 12.5. The fraction of sp³-hybridized carbons (Fsp3) is 0.476. The second-order valence-corrected chi connectivity index (χ2v) is 8.36. The van der Waals surface area contributed by atoms with Gasteiger partial charge in [0, 0.05) is 19.1 Å². The zero-order valence-corrected chi connectivity index (χ0v) is 17.6. The van der Waals surface area contributed by atoms with Crippen molar-refractivity contribution in [2.24, 2.45) is 5.92 Å². The first kappa shape index (κ1) is 19.9. The second-order valence-electron chi connectivity index (χ2n) is 8.36. The van der Waals surface area contributed by atoms with E-state index in [0.717, 1.165) is 35.7 Å². The lowest BCUT2D eigenvalue weighted by Crippen LogP contribution is -2.49. The third-order valence-corrected chi connectivity index (χ3v) is 5.71. The van der Waals surface area contributed by atoms with Crippen LogP contribution >= 0.6 is 0 Å². The molecule has 0 bridgehead atoms. The fourth-order valence-corrected chi connectivity index (χ4v) is 4.13. The molecule has 1 aliphatic carbocycles. The summed E-state index contributed by atoms with van der Waals surface area (Å²) in [6.07, 6.45) is 4.92. The first-order chi connectivity index (χ1) is 14.4. The van der Waals surface area contributed by atoms with Gasteiger partial charge in [-0.05, 0) is 37.3 Å². The van der Waals surface area contributed by atoms with Gasteiger partial charge in [0.25, 0.3) is 0 Å². The molecular weight excluding hydrogens is 380 g/mol. The maximum atomic E-state index is 12.5. The predicted octanol–water partition coefficient (Wildman–Crippen LogP) is 2.52. The summed E-state index contributed by atoms with van der Waals surface area (Å²) in [5.74, 6) is 2.50. The van der Waals surface area contributed by atoms with Gasteiger partial charge in [-0.3, -0.25) is 4.79 Å². The van der Waals surface area contributed by atoms with Gasteiger partial charge in [0.2, 0.25) is 5.91 Å². The highest BCUT2D eigenvalue weighted by atomic mass is 16.2. The summed E-state index contributed by atoms with van der Waals surface area (Å²) in [6, 6.07) is 4.33. The SMILES string of the molecule is Cc1cc(NC2CC(Nc3cnc(C#N)cn3)C2)nc2c1NC(=O)[C@H](C(C)C)N2C. The third kappa shape index (κ3) is 3.73. The summed E-state index contributed by atoms with van der Waals surface area (Å²) in [5, 5.41) is 18.7. The molecule has 1 aliphatic heterocycles. The smallest absolute Gasteiger partial charge is 0.247 e. The molecule has 1 fully saturated rings. The minimum Gasteiger partial charge on any atom is -0.367 e. The molecule has 2 aromatic heterocycles. The van der Waals surface area contributed by atoms with Gasteiger partial charge < -0.3 is 20.9 Å². The van der Waals surface area contributed by atoms with Crippen LogP contribution in [0.4, 0.5) is 23.1 Å². The minimum absolute atomic E-state index is 0.0180. The first-order valence-corrected chi connectivity index (χ1v) is 10.2. The van der Waals surface area contributed by atoms with Crippen LogP contribution < -0.4 is 20.9 Å². The number of hydrogen-bond acceptors (Lipinski definition) is 8. The van der Waals surface area contributed by atoms with Crippen molar-refractivity contribution in [1.29, 1.82) is 5.26 Å². The molecule has 2 aromatic rings. The monoisotopic (exact) mass is 406 g/mol. The molecule has 0 unspecified atom stereocenters. The van der Waals surface area contributed by atoms with E-state index in [-0.39, 0.29) is 17.9 Å². The van der Waals surface area contributed by atoms with E-state index >= 15 is 0 Å². The Morgan fingerprint density at radius 2 is 1.90 bits per heavy atom. The Hall–Kier alpha value is -3.41. The zero-order valence-electron chi connectivity index (χ0n) is 17.6. The van der Waals surface area contributed by atoms with Crippen molar-refractivity contribution in [1.82, 2.24) is 15.0 Å². The van der Waals surface area contributed by atoms with Crippen LogP contribution in [0.15, 0.2) is 18.5 Å². The molecule has 1 saturated carbocycles. The standard InChI is InChI=1S/C21H26N8O/c1-11(2)19-21(30)28-18-12(3)5-16(27-20(18)29(19)4)25-13-6-14(7-13)26-17-10-23-15(8-22)9-24-17/h5,9-11,13-14,19H,6-7H2,1-4H3,(H,24,26)(H,25,27)(H,28,30)/t13?,14?,19-/m0/s1. The van der Waals surface area contributed by atoms with Gasteiger partial charge in [-0.25, -0.2) is 15.0 Å². The molecule has 0 radical (unpaired) electrons. The Bertz CT molecular complexity index is 991. The molecule has 3 N–H and O–H groups in total. The number of pyridine rings is 1. The van der Waals surface area contributed by atoms with Gasteiger partial charge in [-0.1, -0.05) is 13.8 Å². The van der Waals surface area contributed by atoms with Crippen LogP contribution in [-0.4, -0.2) is 46.0 Å². The summed E-state index contributed by atoms with van der Waals surface area (Å²) in [4.78, 5) is 27.5. The van der Waals surface area contributed by atoms with Crippen molar-refractivity contribution in [2.75, 3.05) is 27.9 Å². The van der Waals surface area contributed by atoms with Gasteiger partial charge in [0.1, 0.15) is 23.7 Å². The molecule has 9 nitrogen and oxygen atoms in total. The number of anilines is 4. The molecule has 1 atom stereocenters. The molecule has 0 saturated heterocycles. The lowest BCUT2D eigenvalue weighted by atomic mass is 9.86. The highest BCUT2D eigenvalue weighted by Gasteiger charge is 2.35. The maximum Gasteiger partial charge on any atom is 0.247 e. The van der Waals surface area contributed by atoms with Crippen molar-refractivity contribution in [3.8, 4) is 6.07 Å². The third-order valence-electron chi connectivity index (χ3n) is 5.71. The summed E-state index contributed by atoms with van der Waals surface area (Å²) in [7, 11) is 1.93. The van der Waals surface area contributed by atoms with Gasteiger partial charge in [0.15, 0.2) is 11.5 Å². The van der Waals surface area contributed by atoms with Gasteiger partial charge in [-0.15, -0.1) is 0 Å². The number of carbonyl (C=O) groups is 1. The Morgan fingerprint density at radius 3 is 2.50 bits per heavy atom. The number of aryl methyl sites for hydroxylation is 1. The first-order valence-electron chi connectivity index (χ1n) is 10.2. The number of aromatic nitrogens is 3. The lowest BCUT2D eigenvalue weighted by Gasteiger charge is -2.39. The molecule has 4 rings (SSSR count). The van der Waals surface area contributed by atoms with Crippen LogP contribution in [0.3, 0.4) is 0 Å². The van der Waals surface area contributed by atoms with Crippen molar-refractivity contribution in [3.05, 3.63) is 29.7 Å². The molecule has 9 heteroatoms. The van der Waals surface area contributed by atoms with Gasteiger partial charge in [0.05, 0.1) is 18.1 Å². The van der Waals surface area contributed by atoms with Gasteiger partial charge in [-0.2, -0.15) is 5.26 Å². The fourth-order valence-electron chi connectivity index (χ4n) is 4.13. The normalized spacial score (nSPS) is 22.6. The molecule has 30 heavy (non-hydrogen) atoms. The lowest BCUT2D eigenvalue weighted by molar-refractivity contribution is -0.118. The van der Waals surface area contributed by atoms with E-state index in [1.165, 1.54) is 6.20 Å². The number of amides is 1. The van der Waals surface area contributed by atoms with Crippen LogP contribution in [0, 0.1) is 24.2 Å². The van der Waals surface area contributed by atoms with Crippen molar-refractivity contribution < 1.29 is 4.79 Å². The van der Waals surface area contributed by atoms with E-state index in [9.17, 15) is 4.79 Å². The summed E-state index contributed by atoms with van der Waals surface area (Å²) in [6.45, 7) is 6.07. The minimum atomic E-state index is -0.231. The average molecular weight is 406 g/mol. The van der Waals surface area contributed by atoms with Crippen LogP contribution in [0.1, 0.15) is 37.9 Å². The van der Waals surface area contributed by atoms with Crippen LogP contribution in [0.25, 0.3) is 0 Å². The molecular formula is C21H26N8O.